The summed E-state index contributed by atoms with van der Waals surface area (Å²) < 4.78 is 2.01. The number of fused-ring (bicyclic) bond motifs is 1. The maximum atomic E-state index is 11.4. The SMILES string of the molecule is CC(Cl)C(=O)Nc1nc2ccc(Br)cc2s1. The molecule has 2 rings (SSSR count). The number of hydrogen-bond acceptors (Lipinski definition) is 3. The van der Waals surface area contributed by atoms with Crippen molar-refractivity contribution >= 4 is 60.1 Å². The second kappa shape index (κ2) is 4.69. The van der Waals surface area contributed by atoms with Crippen molar-refractivity contribution in [3.05, 3.63) is 22.7 Å². The normalized spacial score (nSPS) is 12.7. The third-order valence-corrected chi connectivity index (χ3v) is 3.57. The van der Waals surface area contributed by atoms with Gasteiger partial charge in [-0.25, -0.2) is 4.98 Å². The Labute approximate surface area is 110 Å². The number of alkyl halides is 1. The Morgan fingerprint density at radius 1 is 1.62 bits per heavy atom. The fourth-order valence-electron chi connectivity index (χ4n) is 1.16. The van der Waals surface area contributed by atoms with Gasteiger partial charge in [-0.2, -0.15) is 0 Å². The molecule has 84 valence electrons. The number of anilines is 1. The first kappa shape index (κ1) is 11.8. The van der Waals surface area contributed by atoms with Crippen molar-refractivity contribution in [3.63, 3.8) is 0 Å². The summed E-state index contributed by atoms with van der Waals surface area (Å²) in [7, 11) is 0. The highest BCUT2D eigenvalue weighted by Crippen LogP contribution is 2.28. The number of thiazole rings is 1. The Kier molecular flexibility index (Phi) is 3.47. The lowest BCUT2D eigenvalue weighted by atomic mass is 10.3. The predicted octanol–water partition coefficient (Wildman–Crippen LogP) is 3.62. The third-order valence-electron chi connectivity index (χ3n) is 1.94. The van der Waals surface area contributed by atoms with Crippen LogP contribution in [0.25, 0.3) is 10.2 Å². The van der Waals surface area contributed by atoms with Crippen LogP contribution in [-0.4, -0.2) is 16.3 Å². The molecule has 1 heterocycles. The number of rotatable bonds is 2. The molecule has 16 heavy (non-hydrogen) atoms. The van der Waals surface area contributed by atoms with Crippen LogP contribution in [0.3, 0.4) is 0 Å². The molecule has 1 atom stereocenters. The molecule has 0 aliphatic heterocycles. The molecular formula is C10H8BrClN2OS. The zero-order valence-electron chi connectivity index (χ0n) is 8.33. The first-order valence-corrected chi connectivity index (χ1v) is 6.62. The highest BCUT2D eigenvalue weighted by Gasteiger charge is 2.12. The van der Waals surface area contributed by atoms with Gasteiger partial charge < -0.3 is 5.32 Å². The Balaban J connectivity index is 2.29. The summed E-state index contributed by atoms with van der Waals surface area (Å²) >= 11 is 10.5. The second-order valence-corrected chi connectivity index (χ2v) is 5.84. The predicted molar refractivity (Wildman–Crippen MR) is 71.3 cm³/mol. The maximum Gasteiger partial charge on any atom is 0.243 e. The van der Waals surface area contributed by atoms with Gasteiger partial charge in [0.2, 0.25) is 5.91 Å². The Morgan fingerprint density at radius 2 is 2.38 bits per heavy atom. The van der Waals surface area contributed by atoms with E-state index in [1.165, 1.54) is 11.3 Å². The molecule has 0 radical (unpaired) electrons. The summed E-state index contributed by atoms with van der Waals surface area (Å²) in [6.07, 6.45) is 0. The van der Waals surface area contributed by atoms with Crippen molar-refractivity contribution in [3.8, 4) is 0 Å². The second-order valence-electron chi connectivity index (χ2n) is 3.24. The molecule has 1 aromatic carbocycles. The van der Waals surface area contributed by atoms with Gasteiger partial charge >= 0.3 is 0 Å². The molecule has 1 unspecified atom stereocenters. The van der Waals surface area contributed by atoms with E-state index in [9.17, 15) is 4.79 Å². The van der Waals surface area contributed by atoms with Crippen LogP contribution >= 0.6 is 38.9 Å². The number of benzene rings is 1. The molecule has 1 amide bonds. The summed E-state index contributed by atoms with van der Waals surface area (Å²) in [5, 5.41) is 2.69. The molecule has 0 saturated carbocycles. The van der Waals surface area contributed by atoms with Crippen molar-refractivity contribution in [1.82, 2.24) is 4.98 Å². The van der Waals surface area contributed by atoms with Crippen LogP contribution in [0.1, 0.15) is 6.92 Å². The molecule has 0 spiro atoms. The smallest absolute Gasteiger partial charge is 0.243 e. The van der Waals surface area contributed by atoms with E-state index in [-0.39, 0.29) is 5.91 Å². The van der Waals surface area contributed by atoms with E-state index in [0.717, 1.165) is 14.7 Å². The molecule has 0 bridgehead atoms. The number of aromatic nitrogens is 1. The van der Waals surface area contributed by atoms with Crippen molar-refractivity contribution in [2.75, 3.05) is 5.32 Å². The molecule has 0 saturated heterocycles. The minimum absolute atomic E-state index is 0.236. The third kappa shape index (κ3) is 2.53. The van der Waals surface area contributed by atoms with Crippen LogP contribution in [0.15, 0.2) is 22.7 Å². The van der Waals surface area contributed by atoms with Crippen molar-refractivity contribution in [2.45, 2.75) is 12.3 Å². The zero-order valence-corrected chi connectivity index (χ0v) is 11.5. The van der Waals surface area contributed by atoms with Gasteiger partial charge in [0.05, 0.1) is 10.2 Å². The number of hydrogen-bond donors (Lipinski definition) is 1. The van der Waals surface area contributed by atoms with E-state index >= 15 is 0 Å². The molecule has 1 N–H and O–H groups in total. The van der Waals surface area contributed by atoms with E-state index < -0.39 is 5.38 Å². The molecule has 2 aromatic rings. The van der Waals surface area contributed by atoms with E-state index in [1.807, 2.05) is 18.2 Å². The number of carbonyl (C=O) groups excluding carboxylic acids is 1. The number of carbonyl (C=O) groups is 1. The van der Waals surface area contributed by atoms with Crippen molar-refractivity contribution < 1.29 is 4.79 Å². The molecule has 3 nitrogen and oxygen atoms in total. The highest BCUT2D eigenvalue weighted by molar-refractivity contribution is 9.10. The Morgan fingerprint density at radius 3 is 3.06 bits per heavy atom. The molecule has 0 aliphatic rings. The summed E-state index contributed by atoms with van der Waals surface area (Å²) in [4.78, 5) is 15.7. The molecule has 1 aromatic heterocycles. The maximum absolute atomic E-state index is 11.4. The van der Waals surface area contributed by atoms with Crippen LogP contribution in [0.5, 0.6) is 0 Å². The van der Waals surface area contributed by atoms with Gasteiger partial charge in [-0.15, -0.1) is 11.6 Å². The minimum atomic E-state index is -0.557. The molecule has 6 heteroatoms. The largest absolute Gasteiger partial charge is 0.301 e. The van der Waals surface area contributed by atoms with Gasteiger partial charge in [0.1, 0.15) is 5.38 Å². The van der Waals surface area contributed by atoms with Crippen LogP contribution in [0.4, 0.5) is 5.13 Å². The van der Waals surface area contributed by atoms with Crippen LogP contribution in [0.2, 0.25) is 0 Å². The fourth-order valence-corrected chi connectivity index (χ4v) is 2.63. The standard InChI is InChI=1S/C10H8BrClN2OS/c1-5(12)9(15)14-10-13-7-3-2-6(11)4-8(7)16-10/h2-5H,1H3,(H,13,14,15). The van der Waals surface area contributed by atoms with Gasteiger partial charge in [0.25, 0.3) is 0 Å². The molecule has 0 aliphatic carbocycles. The lowest BCUT2D eigenvalue weighted by Crippen LogP contribution is -2.19. The summed E-state index contributed by atoms with van der Waals surface area (Å²) in [6, 6.07) is 5.78. The topological polar surface area (TPSA) is 42.0 Å². The lowest BCUT2D eigenvalue weighted by Gasteiger charge is -2.01. The monoisotopic (exact) mass is 318 g/mol. The minimum Gasteiger partial charge on any atom is -0.301 e. The zero-order chi connectivity index (χ0) is 11.7. The Hall–Kier alpha value is -0.650. The van der Waals surface area contributed by atoms with Crippen LogP contribution < -0.4 is 5.32 Å². The summed E-state index contributed by atoms with van der Waals surface area (Å²) in [5.41, 5.74) is 0.866. The fraction of sp³-hybridized carbons (Fsp3) is 0.200. The molecular weight excluding hydrogens is 312 g/mol. The summed E-state index contributed by atoms with van der Waals surface area (Å²) in [6.45, 7) is 1.63. The number of halogens is 2. The summed E-state index contributed by atoms with van der Waals surface area (Å²) in [5.74, 6) is -0.236. The van der Waals surface area contributed by atoms with Gasteiger partial charge in [0, 0.05) is 4.47 Å². The number of nitrogens with zero attached hydrogens (tertiary/aromatic N) is 1. The highest BCUT2D eigenvalue weighted by atomic mass is 79.9. The molecule has 0 fully saturated rings. The van der Waals surface area contributed by atoms with Crippen LogP contribution in [0, 0.1) is 0 Å². The van der Waals surface area contributed by atoms with E-state index in [0.29, 0.717) is 5.13 Å². The van der Waals surface area contributed by atoms with E-state index in [4.69, 9.17) is 11.6 Å². The van der Waals surface area contributed by atoms with Gasteiger partial charge in [-0.05, 0) is 25.1 Å². The van der Waals surface area contributed by atoms with Gasteiger partial charge in [-0.3, -0.25) is 4.79 Å². The quantitative estimate of drug-likeness (QED) is 0.859. The van der Waals surface area contributed by atoms with E-state index in [2.05, 4.69) is 26.2 Å². The average Bonchev–Trinajstić information content (AvgIpc) is 2.58. The van der Waals surface area contributed by atoms with Gasteiger partial charge in [-0.1, -0.05) is 27.3 Å². The average molecular weight is 320 g/mol. The van der Waals surface area contributed by atoms with Crippen LogP contribution in [-0.2, 0) is 4.79 Å². The Bertz CT molecular complexity index is 541. The first-order valence-electron chi connectivity index (χ1n) is 4.57. The van der Waals surface area contributed by atoms with Crippen molar-refractivity contribution in [1.29, 1.82) is 0 Å². The number of amides is 1. The number of nitrogens with one attached hydrogen (secondary N) is 1. The lowest BCUT2D eigenvalue weighted by molar-refractivity contribution is -0.115. The van der Waals surface area contributed by atoms with Crippen molar-refractivity contribution in [2.24, 2.45) is 0 Å². The van der Waals surface area contributed by atoms with E-state index in [1.54, 1.807) is 6.92 Å². The first-order chi connectivity index (χ1) is 7.56. The van der Waals surface area contributed by atoms with Gasteiger partial charge in [0.15, 0.2) is 5.13 Å².